The van der Waals surface area contributed by atoms with Gasteiger partial charge in [0.2, 0.25) is 0 Å². The molecule has 168 valence electrons. The number of likely N-dealkylation sites (tertiary alicyclic amines) is 1. The Kier molecular flexibility index (Phi) is 7.03. The Morgan fingerprint density at radius 2 is 1.71 bits per heavy atom. The van der Waals surface area contributed by atoms with Crippen molar-refractivity contribution < 1.29 is 27.2 Å². The van der Waals surface area contributed by atoms with Crippen molar-refractivity contribution in [3.63, 3.8) is 0 Å². The molecule has 2 aliphatic rings. The Morgan fingerprint density at radius 1 is 1.03 bits per heavy atom. The van der Waals surface area contributed by atoms with E-state index in [1.54, 1.807) is 32.4 Å². The van der Waals surface area contributed by atoms with E-state index in [4.69, 9.17) is 14.0 Å². The molecule has 1 N–H and O–H groups in total. The molecular formula is C23H29NO6S. The molecule has 4 rings (SSSR count). The number of hydrogen-bond acceptors (Lipinski definition) is 6. The van der Waals surface area contributed by atoms with E-state index in [1.165, 1.54) is 17.7 Å². The third-order valence-corrected chi connectivity index (χ3v) is 7.22. The van der Waals surface area contributed by atoms with E-state index in [2.05, 4.69) is 24.1 Å². The van der Waals surface area contributed by atoms with Gasteiger partial charge in [-0.25, -0.2) is 0 Å². The summed E-state index contributed by atoms with van der Waals surface area (Å²) in [6.07, 6.45) is 3.41. The molecule has 1 saturated heterocycles. The van der Waals surface area contributed by atoms with Gasteiger partial charge in [0.1, 0.15) is 5.78 Å². The van der Waals surface area contributed by atoms with Gasteiger partial charge in [-0.05, 0) is 56.3 Å². The van der Waals surface area contributed by atoms with E-state index in [9.17, 15) is 13.2 Å². The molecule has 8 heteroatoms. The lowest BCUT2D eigenvalue weighted by atomic mass is 9.66. The molecule has 2 aromatic rings. The van der Waals surface area contributed by atoms with Crippen LogP contribution in [0.1, 0.15) is 31.2 Å². The van der Waals surface area contributed by atoms with Crippen molar-refractivity contribution in [1.29, 1.82) is 0 Å². The van der Waals surface area contributed by atoms with E-state index < -0.39 is 10.1 Å². The second-order valence-corrected chi connectivity index (χ2v) is 9.42. The number of Topliss-reactive ketones (excluding diaryl/α,β-unsaturated/α-hetero) is 1. The van der Waals surface area contributed by atoms with Crippen LogP contribution >= 0.6 is 0 Å². The zero-order chi connectivity index (χ0) is 22.6. The van der Waals surface area contributed by atoms with Crippen molar-refractivity contribution in [3.05, 3.63) is 54.1 Å². The van der Waals surface area contributed by atoms with Gasteiger partial charge in [0.15, 0.2) is 11.5 Å². The van der Waals surface area contributed by atoms with Crippen molar-refractivity contribution >= 4 is 15.9 Å². The highest BCUT2D eigenvalue weighted by Gasteiger charge is 2.50. The molecule has 0 radical (unpaired) electrons. The fourth-order valence-electron chi connectivity index (χ4n) is 4.66. The van der Waals surface area contributed by atoms with E-state index >= 15 is 0 Å². The number of benzene rings is 2. The number of ether oxygens (including phenoxy) is 2. The Morgan fingerprint density at radius 3 is 2.29 bits per heavy atom. The lowest BCUT2D eigenvalue weighted by Gasteiger charge is -2.41. The molecule has 0 amide bonds. The number of nitrogens with zero attached hydrogens (tertiary/aromatic N) is 1. The van der Waals surface area contributed by atoms with Crippen LogP contribution in [-0.4, -0.2) is 57.5 Å². The average molecular weight is 448 g/mol. The summed E-state index contributed by atoms with van der Waals surface area (Å²) in [4.78, 5) is 14.1. The van der Waals surface area contributed by atoms with Crippen LogP contribution < -0.4 is 9.47 Å². The first-order valence-corrected chi connectivity index (χ1v) is 11.6. The van der Waals surface area contributed by atoms with E-state index in [1.807, 2.05) is 6.07 Å². The summed E-state index contributed by atoms with van der Waals surface area (Å²) in [5.74, 6) is 1.92. The summed E-state index contributed by atoms with van der Waals surface area (Å²) in [5, 5.41) is 0. The van der Waals surface area contributed by atoms with Crippen LogP contribution in [0.5, 0.6) is 11.5 Å². The molecule has 31 heavy (non-hydrogen) atoms. The largest absolute Gasteiger partial charge is 0.493 e. The number of methoxy groups -OCH3 is 2. The zero-order valence-corrected chi connectivity index (χ0v) is 18.9. The normalized spacial score (nSPS) is 23.5. The molecule has 0 unspecified atom stereocenters. The third-order valence-electron chi connectivity index (χ3n) is 6.35. The topological polar surface area (TPSA) is 93.1 Å². The molecule has 1 aliphatic heterocycles. The number of carbonyl (C=O) groups excluding carboxylic acids is 1. The molecule has 0 spiro atoms. The Bertz CT molecular complexity index is 1020. The number of ketones is 1. The fraction of sp³-hybridized carbons (Fsp3) is 0.435. The maximum absolute atomic E-state index is 11.9. The molecule has 0 bridgehead atoms. The summed E-state index contributed by atoms with van der Waals surface area (Å²) in [7, 11) is 1.45. The molecule has 1 heterocycles. The van der Waals surface area contributed by atoms with Crippen LogP contribution in [-0.2, 0) is 20.3 Å². The smallest absolute Gasteiger partial charge is 0.294 e. The second kappa shape index (κ2) is 9.38. The van der Waals surface area contributed by atoms with Gasteiger partial charge in [-0.1, -0.05) is 24.3 Å². The van der Waals surface area contributed by atoms with Gasteiger partial charge in [-0.3, -0.25) is 9.35 Å². The standard InChI is InChI=1S/C17H23NO3.C6H6O3S/c1-18-9-8-17(7-6-13(19)11-16(17)18)12-4-5-14(20-2)15(10-12)21-3;7-10(8,9)6-4-2-1-3-5-6/h4-5,10,16H,6-9,11H2,1-3H3;1-5H,(H,7,8,9)/t16-,17-;/m0./s1. The highest BCUT2D eigenvalue weighted by atomic mass is 32.2. The van der Waals surface area contributed by atoms with Crippen molar-refractivity contribution in [2.45, 2.75) is 42.0 Å². The maximum Gasteiger partial charge on any atom is 0.294 e. The summed E-state index contributed by atoms with van der Waals surface area (Å²) < 4.78 is 40.0. The van der Waals surface area contributed by atoms with Crippen molar-refractivity contribution in [2.24, 2.45) is 0 Å². The first-order chi connectivity index (χ1) is 14.7. The summed E-state index contributed by atoms with van der Waals surface area (Å²) in [6, 6.07) is 14.0. The lowest BCUT2D eigenvalue weighted by molar-refractivity contribution is -0.122. The van der Waals surface area contributed by atoms with Crippen LogP contribution in [0.2, 0.25) is 0 Å². The van der Waals surface area contributed by atoms with Crippen LogP contribution in [0.4, 0.5) is 0 Å². The third kappa shape index (κ3) is 4.92. The molecular weight excluding hydrogens is 418 g/mol. The predicted molar refractivity (Wildman–Crippen MR) is 117 cm³/mol. The first-order valence-electron chi connectivity index (χ1n) is 10.2. The molecule has 1 saturated carbocycles. The van der Waals surface area contributed by atoms with Gasteiger partial charge >= 0.3 is 0 Å². The predicted octanol–water partition coefficient (Wildman–Crippen LogP) is 3.33. The molecule has 0 aromatic heterocycles. The van der Waals surface area contributed by atoms with E-state index in [0.717, 1.165) is 30.9 Å². The number of hydrogen-bond donors (Lipinski definition) is 1. The number of fused-ring (bicyclic) bond motifs is 1. The quantitative estimate of drug-likeness (QED) is 0.719. The van der Waals surface area contributed by atoms with Gasteiger partial charge in [0.05, 0.1) is 19.1 Å². The van der Waals surface area contributed by atoms with E-state index in [-0.39, 0.29) is 10.3 Å². The van der Waals surface area contributed by atoms with E-state index in [0.29, 0.717) is 24.7 Å². The van der Waals surface area contributed by atoms with Gasteiger partial charge < -0.3 is 14.4 Å². The van der Waals surface area contributed by atoms with Crippen molar-refractivity contribution in [1.82, 2.24) is 4.90 Å². The summed E-state index contributed by atoms with van der Waals surface area (Å²) in [5.41, 5.74) is 1.37. The highest BCUT2D eigenvalue weighted by Crippen LogP contribution is 2.49. The minimum absolute atomic E-state index is 0.0741. The molecule has 2 aromatic carbocycles. The van der Waals surface area contributed by atoms with Crippen LogP contribution in [0, 0.1) is 0 Å². The number of likely N-dealkylation sites (N-methyl/N-ethyl adjacent to an activating group) is 1. The SMILES string of the molecule is COc1ccc([C@@]23CCC(=O)C[C@@H]2N(C)CC3)cc1OC.O=S(=O)(O)c1ccccc1. The minimum Gasteiger partial charge on any atom is -0.493 e. The second-order valence-electron chi connectivity index (χ2n) is 8.00. The van der Waals surface area contributed by atoms with Crippen LogP contribution in [0.3, 0.4) is 0 Å². The maximum atomic E-state index is 11.9. The number of rotatable bonds is 4. The van der Waals surface area contributed by atoms with Gasteiger partial charge in [-0.15, -0.1) is 0 Å². The molecule has 7 nitrogen and oxygen atoms in total. The average Bonchev–Trinajstić information content (AvgIpc) is 3.11. The van der Waals surface area contributed by atoms with Crippen LogP contribution in [0.15, 0.2) is 53.4 Å². The van der Waals surface area contributed by atoms with Crippen molar-refractivity contribution in [3.8, 4) is 11.5 Å². The number of carbonyl (C=O) groups is 1. The summed E-state index contributed by atoms with van der Waals surface area (Å²) in [6.45, 7) is 1.05. The highest BCUT2D eigenvalue weighted by molar-refractivity contribution is 7.85. The van der Waals surface area contributed by atoms with Gasteiger partial charge in [0.25, 0.3) is 10.1 Å². The van der Waals surface area contributed by atoms with Crippen LogP contribution in [0.25, 0.3) is 0 Å². The first kappa shape index (κ1) is 23.2. The Hall–Kier alpha value is -2.42. The monoisotopic (exact) mass is 447 g/mol. The zero-order valence-electron chi connectivity index (χ0n) is 18.1. The summed E-state index contributed by atoms with van der Waals surface area (Å²) >= 11 is 0. The Labute approximate surface area is 183 Å². The molecule has 1 aliphatic carbocycles. The van der Waals surface area contributed by atoms with Gasteiger partial charge in [-0.2, -0.15) is 8.42 Å². The lowest BCUT2D eigenvalue weighted by Crippen LogP contribution is -2.46. The molecule has 2 atom stereocenters. The van der Waals surface area contributed by atoms with Gasteiger partial charge in [0, 0.05) is 24.3 Å². The fourth-order valence-corrected chi connectivity index (χ4v) is 5.16. The Balaban J connectivity index is 0.000000229. The minimum atomic E-state index is -4.00. The van der Waals surface area contributed by atoms with Crippen molar-refractivity contribution in [2.75, 3.05) is 27.8 Å². The molecule has 2 fully saturated rings.